The zero-order valence-electron chi connectivity index (χ0n) is 73.1. The van der Waals surface area contributed by atoms with E-state index in [4.69, 9.17) is 0 Å². The van der Waals surface area contributed by atoms with Crippen molar-refractivity contribution in [2.45, 2.75) is 375 Å². The molecule has 30 unspecified atom stereocenters. The Morgan fingerprint density at radius 1 is 0.143 bits per heavy atom. The molecule has 30 rings (SSSR count). The van der Waals surface area contributed by atoms with E-state index >= 15 is 0 Å². The van der Waals surface area contributed by atoms with Crippen LogP contribution < -0.4 is 0 Å². The minimum absolute atomic E-state index is 0.0861. The van der Waals surface area contributed by atoms with Crippen molar-refractivity contribution in [1.82, 2.24) is 0 Å². The molecular weight excluding hydrogens is 1790 g/mol. The second kappa shape index (κ2) is 31.2. The summed E-state index contributed by atoms with van der Waals surface area (Å²) in [5.74, 6) is 33.7. The molecule has 0 saturated heterocycles. The predicted octanol–water partition coefficient (Wildman–Crippen LogP) is 28.4. The maximum atomic E-state index is 2.57. The quantitative estimate of drug-likeness (QED) is 0.107. The van der Waals surface area contributed by atoms with Gasteiger partial charge in [0, 0.05) is 0 Å². The summed E-state index contributed by atoms with van der Waals surface area (Å²) in [4.78, 5) is 0. The topological polar surface area (TPSA) is 0 Å². The summed E-state index contributed by atoms with van der Waals surface area (Å²) in [6.07, 6.45) is 47.6. The van der Waals surface area contributed by atoms with Gasteiger partial charge in [-0.1, -0.05) is 0 Å². The zero-order chi connectivity index (χ0) is 74.1. The van der Waals surface area contributed by atoms with Crippen LogP contribution in [-0.2, 0) is 0 Å². The van der Waals surface area contributed by atoms with Crippen molar-refractivity contribution in [3.8, 4) is 0 Å². The van der Waals surface area contributed by atoms with Crippen molar-refractivity contribution in [2.75, 3.05) is 0 Å². The van der Waals surface area contributed by atoms with Gasteiger partial charge >= 0.3 is 713 Å². The van der Waals surface area contributed by atoms with E-state index in [0.29, 0.717) is 0 Å². The fourth-order valence-electron chi connectivity index (χ4n) is 34.3. The molecule has 0 N–H and O–H groups in total. The van der Waals surface area contributed by atoms with E-state index in [-0.39, 0.29) is 106 Å². The first-order chi connectivity index (χ1) is 49.5. The van der Waals surface area contributed by atoms with E-state index < -0.39 is 0 Å². The van der Waals surface area contributed by atoms with Gasteiger partial charge in [-0.15, -0.1) is 0 Å². The van der Waals surface area contributed by atoms with Crippen LogP contribution in [-0.4, -0.2) is 106 Å². The Hall–Kier alpha value is 3.99. The Morgan fingerprint density at radius 2 is 0.229 bits per heavy atom. The Balaban J connectivity index is 0.000000101. The van der Waals surface area contributed by atoms with Gasteiger partial charge in [0.05, 0.1) is 0 Å². The average Bonchev–Trinajstić information content (AvgIpc) is 0.758. The summed E-state index contributed by atoms with van der Waals surface area (Å²) >= 11 is -0.430. The molecule has 5 heteroatoms. The molecule has 30 aliphatic carbocycles. The monoisotopic (exact) mass is 1970 g/mol. The second-order valence-corrected chi connectivity index (χ2v) is 69.1. The Labute approximate surface area is 705 Å². The summed E-state index contributed by atoms with van der Waals surface area (Å²) in [5, 5.41) is 0. The van der Waals surface area contributed by atoms with Crippen molar-refractivity contribution in [3.63, 3.8) is 0 Å². The van der Waals surface area contributed by atoms with E-state index in [9.17, 15) is 0 Å². The van der Waals surface area contributed by atoms with Gasteiger partial charge in [0.15, 0.2) is 0 Å². The van der Waals surface area contributed by atoms with Crippen molar-refractivity contribution in [2.24, 2.45) is 232 Å². The van der Waals surface area contributed by atoms with E-state index in [2.05, 4.69) is 138 Å². The first-order valence-corrected chi connectivity index (χ1v) is 68.2. The first-order valence-electron chi connectivity index (χ1n) is 48.1. The molecule has 30 fully saturated rings. The molecule has 590 valence electrons. The van der Waals surface area contributed by atoms with Gasteiger partial charge in [-0.25, -0.2) is 0 Å². The number of fused-ring (bicyclic) bond motifs is 20. The van der Waals surface area contributed by atoms with Crippen LogP contribution in [0.15, 0.2) is 0 Å². The molecule has 0 aromatic heterocycles. The molecule has 0 heterocycles. The van der Waals surface area contributed by atoms with Crippen molar-refractivity contribution in [3.05, 3.63) is 0 Å². The third kappa shape index (κ3) is 15.0. The summed E-state index contributed by atoms with van der Waals surface area (Å²) in [5.41, 5.74) is 7.19. The van der Waals surface area contributed by atoms with E-state index in [1.54, 1.807) is 237 Å². The number of hydrogen-bond donors (Lipinski definition) is 0. The van der Waals surface area contributed by atoms with Gasteiger partial charge in [-0.2, -0.15) is 0 Å². The fraction of sp³-hybridized carbons (Fsp3) is 1.00. The number of hydrogen-bond acceptors (Lipinski definition) is 0. The molecule has 0 amide bonds. The Kier molecular flexibility index (Phi) is 24.6. The third-order valence-corrected chi connectivity index (χ3v) is 67.3. The van der Waals surface area contributed by atoms with Gasteiger partial charge in [0.25, 0.3) is 0 Å². The van der Waals surface area contributed by atoms with Crippen LogP contribution in [0, 0.1) is 232 Å². The Bertz CT molecular complexity index is 2290. The summed E-state index contributed by atoms with van der Waals surface area (Å²) < 4.78 is 17.2. The van der Waals surface area contributed by atoms with Crippen molar-refractivity contribution >= 4 is 106 Å². The van der Waals surface area contributed by atoms with Gasteiger partial charge < -0.3 is 0 Å². The van der Waals surface area contributed by atoms with Gasteiger partial charge in [0.1, 0.15) is 0 Å². The molecule has 105 heavy (non-hydrogen) atoms. The molecule has 10 radical (unpaired) electrons. The molecule has 0 aromatic rings. The number of rotatable bonds is 20. The van der Waals surface area contributed by atoms with Crippen molar-refractivity contribution < 1.29 is 0 Å². The van der Waals surface area contributed by atoms with Gasteiger partial charge in [-0.05, 0) is 0 Å². The molecular formula is C100H170Sn5. The maximum absolute atomic E-state index is 2.57. The molecule has 0 spiro atoms. The van der Waals surface area contributed by atoms with Gasteiger partial charge in [-0.3, -0.25) is 0 Å². The molecule has 0 nitrogen and oxygen atoms in total. The van der Waals surface area contributed by atoms with Crippen molar-refractivity contribution in [1.29, 1.82) is 0 Å². The van der Waals surface area contributed by atoms with Crippen LogP contribution in [0.5, 0.6) is 0 Å². The normalized spacial score (nSPS) is 49.1. The van der Waals surface area contributed by atoms with Crippen LogP contribution in [0.1, 0.15) is 331 Å². The first kappa shape index (κ1) is 82.7. The standard InChI is InChI=1S/10C10H17.5Sn/c10*1-7-4-5-8-6-9(7)10(8,2)3;;;;;/h10*7-9H,1,4-6H2,2-3H3;;;;;. The zero-order valence-corrected chi connectivity index (χ0v) is 87.4. The third-order valence-electron chi connectivity index (χ3n) is 44.1. The molecule has 0 aliphatic heterocycles. The fourth-order valence-corrected chi connectivity index (χ4v) is 61.2. The summed E-state index contributed by atoms with van der Waals surface area (Å²) in [7, 11) is 0. The molecule has 20 bridgehead atoms. The van der Waals surface area contributed by atoms with Crippen LogP contribution in [0.2, 0.25) is 44.4 Å². The molecule has 30 atom stereocenters. The minimum atomic E-state index is -0.0861. The average molecular weight is 1970 g/mol. The van der Waals surface area contributed by atoms with Gasteiger partial charge in [0.2, 0.25) is 0 Å². The molecule has 30 aliphatic rings. The van der Waals surface area contributed by atoms with Crippen LogP contribution in [0.25, 0.3) is 0 Å². The summed E-state index contributed by atoms with van der Waals surface area (Å²) in [6, 6.07) is 0. The molecule has 0 aromatic carbocycles. The van der Waals surface area contributed by atoms with Crippen LogP contribution in [0.3, 0.4) is 0 Å². The predicted molar refractivity (Wildman–Crippen MR) is 458 cm³/mol. The van der Waals surface area contributed by atoms with E-state index in [0.717, 1.165) is 232 Å². The Morgan fingerprint density at radius 3 is 0.295 bits per heavy atom. The second-order valence-electron chi connectivity index (χ2n) is 50.3. The van der Waals surface area contributed by atoms with E-state index in [1.807, 2.05) is 0 Å². The SMILES string of the molecule is CC1(C)C2CCC([CH2][Sn][CH2]C3CCC4CC3C4(C)C)C1C2.CC1(C)C2CCC([CH2][Sn][CH2]C3CCC4CC3C4(C)C)C1C2.CC1(C)C2CCC([CH2][Sn][CH2]C3CCC4CC3C4(C)C)C1C2.CC1(C)C2CCC([CH2][Sn][CH2]C3CCC4CC3C4(C)C)C1C2.CC1(C)C2CCC([CH2][Sn][CH2]C3CCC4CC3C4(C)C)C1C2. The van der Waals surface area contributed by atoms with Crippen LogP contribution in [0.4, 0.5) is 0 Å². The molecule has 30 saturated carbocycles. The summed E-state index contributed by atoms with van der Waals surface area (Å²) in [6.45, 7) is 51.4. The van der Waals surface area contributed by atoms with E-state index in [1.165, 1.54) is 0 Å². The van der Waals surface area contributed by atoms with Crippen LogP contribution >= 0.6 is 0 Å².